The maximum Gasteiger partial charge on any atom is 0.434 e. The molecular formula is C16H18F3N5O3S. The van der Waals surface area contributed by atoms with Crippen molar-refractivity contribution < 1.29 is 27.4 Å². The molecule has 0 atom stereocenters. The number of likely N-dealkylation sites (tertiary alicyclic amines) is 1. The lowest BCUT2D eigenvalue weighted by Crippen LogP contribution is -2.20. The predicted molar refractivity (Wildman–Crippen MR) is 94.7 cm³/mol. The molecule has 0 spiro atoms. The minimum Gasteiger partial charge on any atom is -0.480 e. The zero-order valence-corrected chi connectivity index (χ0v) is 16.0. The summed E-state index contributed by atoms with van der Waals surface area (Å²) in [6, 6.07) is 0. The largest absolute Gasteiger partial charge is 0.480 e. The standard InChI is InChI=1S/C16H18F3N5O3S/c1-26-13-10(14(27-2)21-8-20-13)12(25)23-15-22-11(16(17,18)19)9(28-15)7-24-5-3-4-6-24/h8H,3-7H2,1-2H3,(H,22,23,25). The molecule has 1 aliphatic rings. The normalized spacial score (nSPS) is 14.9. The highest BCUT2D eigenvalue weighted by atomic mass is 32.1. The van der Waals surface area contributed by atoms with Gasteiger partial charge in [-0.05, 0) is 25.9 Å². The number of hydrogen-bond acceptors (Lipinski definition) is 8. The van der Waals surface area contributed by atoms with Crippen LogP contribution in [-0.2, 0) is 12.7 Å². The topological polar surface area (TPSA) is 89.5 Å². The number of ether oxygens (including phenoxy) is 2. The van der Waals surface area contributed by atoms with Crippen molar-refractivity contribution in [2.75, 3.05) is 32.6 Å². The lowest BCUT2D eigenvalue weighted by molar-refractivity contribution is -0.141. The van der Waals surface area contributed by atoms with Crippen molar-refractivity contribution in [1.82, 2.24) is 19.9 Å². The number of thiazole rings is 1. The highest BCUT2D eigenvalue weighted by Gasteiger charge is 2.38. The van der Waals surface area contributed by atoms with E-state index in [1.54, 1.807) is 0 Å². The van der Waals surface area contributed by atoms with E-state index in [0.29, 0.717) is 0 Å². The molecule has 0 unspecified atom stereocenters. The number of nitrogens with zero attached hydrogens (tertiary/aromatic N) is 4. The molecule has 0 radical (unpaired) electrons. The van der Waals surface area contributed by atoms with Crippen LogP contribution in [0.3, 0.4) is 0 Å². The summed E-state index contributed by atoms with van der Waals surface area (Å²) in [5, 5.41) is 2.21. The van der Waals surface area contributed by atoms with Gasteiger partial charge in [0.15, 0.2) is 16.4 Å². The van der Waals surface area contributed by atoms with Gasteiger partial charge in [0.25, 0.3) is 5.91 Å². The maximum absolute atomic E-state index is 13.4. The molecule has 1 aliphatic heterocycles. The number of nitrogens with one attached hydrogen (secondary N) is 1. The van der Waals surface area contributed by atoms with Crippen molar-refractivity contribution in [2.45, 2.75) is 25.6 Å². The third-order valence-electron chi connectivity index (χ3n) is 4.14. The summed E-state index contributed by atoms with van der Waals surface area (Å²) < 4.78 is 50.2. The monoisotopic (exact) mass is 417 g/mol. The Kier molecular flexibility index (Phi) is 5.98. The molecular weight excluding hydrogens is 399 g/mol. The fourth-order valence-corrected chi connectivity index (χ4v) is 3.91. The molecule has 2 aromatic rings. The number of rotatable bonds is 6. The summed E-state index contributed by atoms with van der Waals surface area (Å²) in [5.74, 6) is -0.895. The van der Waals surface area contributed by atoms with Crippen LogP contribution >= 0.6 is 11.3 Å². The van der Waals surface area contributed by atoms with Gasteiger partial charge in [-0.25, -0.2) is 15.0 Å². The van der Waals surface area contributed by atoms with Gasteiger partial charge in [-0.15, -0.1) is 0 Å². The van der Waals surface area contributed by atoms with E-state index in [0.717, 1.165) is 43.6 Å². The molecule has 0 aromatic carbocycles. The summed E-state index contributed by atoms with van der Waals surface area (Å²) in [4.78, 5) is 25.9. The first kappa shape index (κ1) is 20.3. The molecule has 0 aliphatic carbocycles. The van der Waals surface area contributed by atoms with E-state index in [4.69, 9.17) is 9.47 Å². The van der Waals surface area contributed by atoms with Gasteiger partial charge in [-0.3, -0.25) is 15.0 Å². The van der Waals surface area contributed by atoms with Crippen LogP contribution in [0.5, 0.6) is 11.8 Å². The van der Waals surface area contributed by atoms with Gasteiger partial charge in [-0.2, -0.15) is 13.2 Å². The van der Waals surface area contributed by atoms with Gasteiger partial charge in [-0.1, -0.05) is 11.3 Å². The Morgan fingerprint density at radius 3 is 2.36 bits per heavy atom. The SMILES string of the molecule is COc1ncnc(OC)c1C(=O)Nc1nc(C(F)(F)F)c(CN2CCCC2)s1. The first-order valence-corrected chi connectivity index (χ1v) is 9.18. The molecule has 152 valence electrons. The van der Waals surface area contributed by atoms with Gasteiger partial charge in [0.05, 0.1) is 19.1 Å². The van der Waals surface area contributed by atoms with Crippen LogP contribution in [0.25, 0.3) is 0 Å². The molecule has 1 N–H and O–H groups in total. The van der Waals surface area contributed by atoms with E-state index in [-0.39, 0.29) is 33.9 Å². The van der Waals surface area contributed by atoms with Gasteiger partial charge in [0.1, 0.15) is 6.33 Å². The van der Waals surface area contributed by atoms with E-state index < -0.39 is 17.8 Å². The Morgan fingerprint density at radius 2 is 1.82 bits per heavy atom. The van der Waals surface area contributed by atoms with Crippen LogP contribution in [0.15, 0.2) is 6.33 Å². The molecule has 3 rings (SSSR count). The quantitative estimate of drug-likeness (QED) is 0.773. The number of amides is 1. The Balaban J connectivity index is 1.88. The van der Waals surface area contributed by atoms with Crippen molar-refractivity contribution >= 4 is 22.4 Å². The molecule has 3 heterocycles. The van der Waals surface area contributed by atoms with Crippen LogP contribution < -0.4 is 14.8 Å². The van der Waals surface area contributed by atoms with Crippen molar-refractivity contribution in [1.29, 1.82) is 0 Å². The Labute approximate surface area is 162 Å². The van der Waals surface area contributed by atoms with Gasteiger partial charge < -0.3 is 9.47 Å². The first-order chi connectivity index (χ1) is 13.3. The van der Waals surface area contributed by atoms with E-state index >= 15 is 0 Å². The number of anilines is 1. The zero-order chi connectivity index (χ0) is 20.3. The average molecular weight is 417 g/mol. The Hall–Kier alpha value is -2.47. The minimum atomic E-state index is -4.61. The van der Waals surface area contributed by atoms with E-state index in [9.17, 15) is 18.0 Å². The van der Waals surface area contributed by atoms with Gasteiger partial charge in [0, 0.05) is 6.54 Å². The van der Waals surface area contributed by atoms with Gasteiger partial charge in [0.2, 0.25) is 11.8 Å². The lowest BCUT2D eigenvalue weighted by Gasteiger charge is -2.14. The second-order valence-corrected chi connectivity index (χ2v) is 7.08. The molecule has 1 fully saturated rings. The maximum atomic E-state index is 13.4. The van der Waals surface area contributed by atoms with Crippen LogP contribution in [0, 0.1) is 0 Å². The van der Waals surface area contributed by atoms with Crippen molar-refractivity contribution in [3.8, 4) is 11.8 Å². The van der Waals surface area contributed by atoms with Crippen LogP contribution in [-0.4, -0.2) is 53.1 Å². The fourth-order valence-electron chi connectivity index (χ4n) is 2.90. The number of hydrogen-bond donors (Lipinski definition) is 1. The summed E-state index contributed by atoms with van der Waals surface area (Å²) in [6.07, 6.45) is -1.55. The number of carbonyl (C=O) groups excluding carboxylic acids is 1. The van der Waals surface area contributed by atoms with Crippen LogP contribution in [0.4, 0.5) is 18.3 Å². The number of alkyl halides is 3. The third-order valence-corrected chi connectivity index (χ3v) is 5.10. The van der Waals surface area contributed by atoms with Crippen LogP contribution in [0.2, 0.25) is 0 Å². The Morgan fingerprint density at radius 1 is 1.21 bits per heavy atom. The summed E-state index contributed by atoms with van der Waals surface area (Å²) >= 11 is 0.796. The number of carbonyl (C=O) groups is 1. The molecule has 1 saturated heterocycles. The van der Waals surface area contributed by atoms with E-state index in [1.807, 2.05) is 4.90 Å². The second kappa shape index (κ2) is 8.27. The van der Waals surface area contributed by atoms with E-state index in [2.05, 4.69) is 20.3 Å². The average Bonchev–Trinajstić information content (AvgIpc) is 3.30. The molecule has 0 saturated carbocycles. The molecule has 2 aromatic heterocycles. The molecule has 8 nitrogen and oxygen atoms in total. The number of halogens is 3. The molecule has 28 heavy (non-hydrogen) atoms. The van der Waals surface area contributed by atoms with Gasteiger partial charge >= 0.3 is 6.18 Å². The highest BCUT2D eigenvalue weighted by molar-refractivity contribution is 7.15. The summed E-state index contributed by atoms with van der Waals surface area (Å²) in [5.41, 5.74) is -1.11. The second-order valence-electron chi connectivity index (χ2n) is 5.99. The fraction of sp³-hybridized carbons (Fsp3) is 0.500. The highest BCUT2D eigenvalue weighted by Crippen LogP contribution is 2.37. The first-order valence-electron chi connectivity index (χ1n) is 8.37. The number of aromatic nitrogens is 3. The smallest absolute Gasteiger partial charge is 0.434 e. The van der Waals surface area contributed by atoms with Crippen molar-refractivity contribution in [2.24, 2.45) is 0 Å². The summed E-state index contributed by atoms with van der Waals surface area (Å²) in [7, 11) is 2.61. The molecule has 1 amide bonds. The zero-order valence-electron chi connectivity index (χ0n) is 15.2. The predicted octanol–water partition coefficient (Wildman–Crippen LogP) is 2.82. The number of methoxy groups -OCH3 is 2. The summed E-state index contributed by atoms with van der Waals surface area (Å²) in [6.45, 7) is 1.63. The van der Waals surface area contributed by atoms with Crippen LogP contribution in [0.1, 0.15) is 33.8 Å². The van der Waals surface area contributed by atoms with Crippen molar-refractivity contribution in [3.05, 3.63) is 22.5 Å². The lowest BCUT2D eigenvalue weighted by atomic mass is 10.3. The molecule has 12 heteroatoms. The van der Waals surface area contributed by atoms with E-state index in [1.165, 1.54) is 14.2 Å². The third kappa shape index (κ3) is 4.33. The minimum absolute atomic E-state index is 0.0609. The Bertz CT molecular complexity index is 830. The van der Waals surface area contributed by atoms with Crippen molar-refractivity contribution in [3.63, 3.8) is 0 Å². The molecule has 0 bridgehead atoms.